The van der Waals surface area contributed by atoms with Gasteiger partial charge in [-0.3, -0.25) is 0 Å². The second-order valence-electron chi connectivity index (χ2n) is 3.86. The lowest BCUT2D eigenvalue weighted by atomic mass is 9.77. The topological polar surface area (TPSA) is 30.5 Å². The molecule has 1 aliphatic rings. The molecule has 1 aliphatic carbocycles. The van der Waals surface area contributed by atoms with Crippen molar-refractivity contribution in [1.29, 1.82) is 0 Å². The van der Waals surface area contributed by atoms with Crippen LogP contribution in [0.25, 0.3) is 0 Å². The van der Waals surface area contributed by atoms with Crippen molar-refractivity contribution in [3.05, 3.63) is 23.3 Å². The molecule has 0 aliphatic heterocycles. The van der Waals surface area contributed by atoms with Crippen LogP contribution >= 0.6 is 12.4 Å². The number of ether oxygens (including phenoxy) is 2. The van der Waals surface area contributed by atoms with Crippen molar-refractivity contribution < 1.29 is 9.47 Å². The number of hydrogen-bond donors (Lipinski definition) is 1. The molecule has 1 aromatic rings. The van der Waals surface area contributed by atoms with Crippen LogP contribution in [0.1, 0.15) is 17.0 Å². The molecular formula is C12H18ClNO2. The summed E-state index contributed by atoms with van der Waals surface area (Å²) in [5.74, 6) is 2.29. The molecule has 0 amide bonds. The number of benzene rings is 1. The lowest BCUT2D eigenvalue weighted by molar-refractivity contribution is 0.352. The van der Waals surface area contributed by atoms with Crippen LogP contribution in [0.2, 0.25) is 0 Å². The Hall–Kier alpha value is -0.930. The number of likely N-dealkylation sites (N-methyl/N-ethyl adjacent to an activating group) is 1. The Morgan fingerprint density at radius 3 is 2.44 bits per heavy atom. The molecule has 0 saturated carbocycles. The Kier molecular flexibility index (Phi) is 4.44. The lowest BCUT2D eigenvalue weighted by Gasteiger charge is -2.31. The Labute approximate surface area is 103 Å². The first-order valence-corrected chi connectivity index (χ1v) is 5.19. The van der Waals surface area contributed by atoms with Gasteiger partial charge < -0.3 is 14.8 Å². The lowest BCUT2D eigenvalue weighted by Crippen LogP contribution is -2.27. The van der Waals surface area contributed by atoms with Gasteiger partial charge in [0.05, 0.1) is 14.2 Å². The van der Waals surface area contributed by atoms with Crippen LogP contribution < -0.4 is 14.8 Å². The van der Waals surface area contributed by atoms with E-state index in [2.05, 4.69) is 17.4 Å². The van der Waals surface area contributed by atoms with E-state index >= 15 is 0 Å². The largest absolute Gasteiger partial charge is 0.493 e. The summed E-state index contributed by atoms with van der Waals surface area (Å²) >= 11 is 0. The summed E-state index contributed by atoms with van der Waals surface area (Å²) in [5, 5.41) is 3.20. The number of hydrogen-bond acceptors (Lipinski definition) is 3. The first-order chi connectivity index (χ1) is 7.30. The van der Waals surface area contributed by atoms with Crippen molar-refractivity contribution in [3.63, 3.8) is 0 Å². The standard InChI is InChI=1S/C12H17NO2.ClH/c1-13-7-9-4-8-5-11(14-2)12(15-3)6-10(8)9;/h5-6,9,13H,4,7H2,1-3H3;1H. The fourth-order valence-electron chi connectivity index (χ4n) is 2.17. The SMILES string of the molecule is CNCC1Cc2cc(OC)c(OC)cc21.Cl. The Bertz CT molecular complexity index is 368. The quantitative estimate of drug-likeness (QED) is 0.877. The van der Waals surface area contributed by atoms with Gasteiger partial charge in [0.2, 0.25) is 0 Å². The summed E-state index contributed by atoms with van der Waals surface area (Å²) < 4.78 is 10.5. The summed E-state index contributed by atoms with van der Waals surface area (Å²) in [6.45, 7) is 1.03. The van der Waals surface area contributed by atoms with Crippen molar-refractivity contribution in [2.24, 2.45) is 0 Å². The molecule has 1 N–H and O–H groups in total. The van der Waals surface area contributed by atoms with Crippen LogP contribution in [0.15, 0.2) is 12.1 Å². The van der Waals surface area contributed by atoms with Crippen molar-refractivity contribution in [1.82, 2.24) is 5.32 Å². The minimum absolute atomic E-state index is 0. The number of fused-ring (bicyclic) bond motifs is 1. The molecule has 0 bridgehead atoms. The van der Waals surface area contributed by atoms with E-state index in [1.54, 1.807) is 14.2 Å². The molecule has 90 valence electrons. The Balaban J connectivity index is 0.00000128. The zero-order valence-corrected chi connectivity index (χ0v) is 10.7. The minimum Gasteiger partial charge on any atom is -0.493 e. The molecule has 0 saturated heterocycles. The molecule has 3 nitrogen and oxygen atoms in total. The van der Waals surface area contributed by atoms with Gasteiger partial charge >= 0.3 is 0 Å². The van der Waals surface area contributed by atoms with Crippen LogP contribution in [0.5, 0.6) is 11.5 Å². The molecule has 0 radical (unpaired) electrons. The van der Waals surface area contributed by atoms with E-state index in [1.165, 1.54) is 11.1 Å². The molecule has 0 aromatic heterocycles. The molecule has 0 spiro atoms. The highest BCUT2D eigenvalue weighted by Gasteiger charge is 2.27. The summed E-state index contributed by atoms with van der Waals surface area (Å²) in [7, 11) is 5.34. The third kappa shape index (κ3) is 2.11. The van der Waals surface area contributed by atoms with Gasteiger partial charge in [0.1, 0.15) is 0 Å². The average molecular weight is 244 g/mol. The second-order valence-corrected chi connectivity index (χ2v) is 3.86. The van der Waals surface area contributed by atoms with E-state index < -0.39 is 0 Å². The molecule has 1 aromatic carbocycles. The van der Waals surface area contributed by atoms with Gasteiger partial charge in [-0.05, 0) is 36.7 Å². The van der Waals surface area contributed by atoms with E-state index in [0.717, 1.165) is 24.5 Å². The van der Waals surface area contributed by atoms with Gasteiger partial charge in [-0.25, -0.2) is 0 Å². The number of rotatable bonds is 4. The van der Waals surface area contributed by atoms with Crippen LogP contribution in [-0.4, -0.2) is 27.8 Å². The highest BCUT2D eigenvalue weighted by molar-refractivity contribution is 5.85. The van der Waals surface area contributed by atoms with Crippen LogP contribution in [0.4, 0.5) is 0 Å². The smallest absolute Gasteiger partial charge is 0.161 e. The maximum Gasteiger partial charge on any atom is 0.161 e. The van der Waals surface area contributed by atoms with Crippen LogP contribution in [-0.2, 0) is 6.42 Å². The number of halogens is 1. The molecule has 1 atom stereocenters. The van der Waals surface area contributed by atoms with E-state index in [-0.39, 0.29) is 12.4 Å². The summed E-state index contributed by atoms with van der Waals surface area (Å²) in [6, 6.07) is 4.18. The normalized spacial score (nSPS) is 16.8. The van der Waals surface area contributed by atoms with Crippen LogP contribution in [0, 0.1) is 0 Å². The molecule has 4 heteroatoms. The van der Waals surface area contributed by atoms with Gasteiger partial charge in [0, 0.05) is 12.5 Å². The third-order valence-electron chi connectivity index (χ3n) is 3.00. The van der Waals surface area contributed by atoms with Gasteiger partial charge in [0.25, 0.3) is 0 Å². The molecule has 1 unspecified atom stereocenters. The average Bonchev–Trinajstić information content (AvgIpc) is 2.25. The third-order valence-corrected chi connectivity index (χ3v) is 3.00. The van der Waals surface area contributed by atoms with Gasteiger partial charge in [-0.2, -0.15) is 0 Å². The van der Waals surface area contributed by atoms with Gasteiger partial charge in [-0.1, -0.05) is 0 Å². The van der Waals surface area contributed by atoms with Crippen molar-refractivity contribution >= 4 is 12.4 Å². The Morgan fingerprint density at radius 1 is 1.25 bits per heavy atom. The second kappa shape index (κ2) is 5.41. The minimum atomic E-state index is 0. The number of methoxy groups -OCH3 is 2. The van der Waals surface area contributed by atoms with Crippen molar-refractivity contribution in [2.75, 3.05) is 27.8 Å². The zero-order chi connectivity index (χ0) is 10.8. The first kappa shape index (κ1) is 13.1. The molecule has 0 heterocycles. The van der Waals surface area contributed by atoms with Crippen LogP contribution in [0.3, 0.4) is 0 Å². The molecule has 2 rings (SSSR count). The highest BCUT2D eigenvalue weighted by Crippen LogP contribution is 2.41. The van der Waals surface area contributed by atoms with Crippen molar-refractivity contribution in [3.8, 4) is 11.5 Å². The fourth-order valence-corrected chi connectivity index (χ4v) is 2.17. The predicted octanol–water partition coefficient (Wildman–Crippen LogP) is 1.98. The zero-order valence-electron chi connectivity index (χ0n) is 9.87. The summed E-state index contributed by atoms with van der Waals surface area (Å²) in [6.07, 6.45) is 1.14. The van der Waals surface area contributed by atoms with Crippen molar-refractivity contribution in [2.45, 2.75) is 12.3 Å². The molecule has 16 heavy (non-hydrogen) atoms. The summed E-state index contributed by atoms with van der Waals surface area (Å²) in [5.41, 5.74) is 2.77. The highest BCUT2D eigenvalue weighted by atomic mass is 35.5. The number of nitrogens with one attached hydrogen (secondary N) is 1. The summed E-state index contributed by atoms with van der Waals surface area (Å²) in [4.78, 5) is 0. The fraction of sp³-hybridized carbons (Fsp3) is 0.500. The first-order valence-electron chi connectivity index (χ1n) is 5.19. The van der Waals surface area contributed by atoms with Gasteiger partial charge in [0.15, 0.2) is 11.5 Å². The maximum absolute atomic E-state index is 5.29. The predicted molar refractivity (Wildman–Crippen MR) is 67.2 cm³/mol. The van der Waals surface area contributed by atoms with Gasteiger partial charge in [-0.15, -0.1) is 12.4 Å². The maximum atomic E-state index is 5.29. The van der Waals surface area contributed by atoms with E-state index in [9.17, 15) is 0 Å². The van der Waals surface area contributed by atoms with E-state index in [1.807, 2.05) is 7.05 Å². The Morgan fingerprint density at radius 2 is 1.88 bits per heavy atom. The molecular weight excluding hydrogens is 226 g/mol. The van der Waals surface area contributed by atoms with E-state index in [0.29, 0.717) is 5.92 Å². The van der Waals surface area contributed by atoms with E-state index in [4.69, 9.17) is 9.47 Å². The molecule has 0 fully saturated rings. The monoisotopic (exact) mass is 243 g/mol.